The second-order valence-electron chi connectivity index (χ2n) is 7.36. The summed E-state index contributed by atoms with van der Waals surface area (Å²) in [5, 5.41) is 0. The number of para-hydroxylation sites is 2. The van der Waals surface area contributed by atoms with Crippen molar-refractivity contribution in [1.29, 1.82) is 0 Å². The largest absolute Gasteiger partial charge is 0.367 e. The molecule has 1 aromatic heterocycles. The second-order valence-corrected chi connectivity index (χ2v) is 9.62. The Bertz CT molecular complexity index is 906. The summed E-state index contributed by atoms with van der Waals surface area (Å²) in [6, 6.07) is 17.4. The van der Waals surface area contributed by atoms with Crippen LogP contribution in [-0.2, 0) is 6.54 Å². The maximum absolute atomic E-state index is 4.55. The van der Waals surface area contributed by atoms with Gasteiger partial charge in [0.15, 0.2) is 0 Å². The van der Waals surface area contributed by atoms with Gasteiger partial charge in [-0.1, -0.05) is 12.1 Å². The molecule has 0 aliphatic carbocycles. The molecule has 0 unspecified atom stereocenters. The van der Waals surface area contributed by atoms with E-state index in [0.717, 1.165) is 23.6 Å². The van der Waals surface area contributed by atoms with Crippen LogP contribution in [0.25, 0.3) is 0 Å². The number of imidazole rings is 1. The molecular weight excluding hydrogens is 398 g/mol. The molecule has 7 heteroatoms. The number of hydrogen-bond donors (Lipinski definition) is 1. The molecule has 29 heavy (non-hydrogen) atoms. The predicted octanol–water partition coefficient (Wildman–Crippen LogP) is 5.79. The fourth-order valence-corrected chi connectivity index (χ4v) is 4.21. The van der Waals surface area contributed by atoms with Crippen LogP contribution in [0.5, 0.6) is 0 Å². The Morgan fingerprint density at radius 2 is 1.69 bits per heavy atom. The molecular formula is C22H29N5S2. The normalized spacial score (nSPS) is 11.3. The van der Waals surface area contributed by atoms with Crippen molar-refractivity contribution in [1.82, 2.24) is 13.9 Å². The highest BCUT2D eigenvalue weighted by Gasteiger charge is 2.10. The molecule has 1 heterocycles. The number of aromatic nitrogens is 2. The lowest BCUT2D eigenvalue weighted by Gasteiger charge is -2.22. The highest BCUT2D eigenvalue weighted by atomic mass is 32.2. The Balaban J connectivity index is 1.65. The van der Waals surface area contributed by atoms with Gasteiger partial charge in [-0.3, -0.25) is 4.31 Å². The van der Waals surface area contributed by atoms with Gasteiger partial charge in [0.05, 0.1) is 29.9 Å². The fraction of sp³-hybridized carbons (Fsp3) is 0.318. The van der Waals surface area contributed by atoms with Crippen LogP contribution in [0.4, 0.5) is 11.4 Å². The first kappa shape index (κ1) is 21.6. The number of benzene rings is 2. The highest BCUT2D eigenvalue weighted by Crippen LogP contribution is 2.31. The third-order valence-electron chi connectivity index (χ3n) is 4.36. The van der Waals surface area contributed by atoms with Crippen molar-refractivity contribution in [3.05, 3.63) is 66.7 Å². The van der Waals surface area contributed by atoms with Crippen molar-refractivity contribution in [2.24, 2.45) is 0 Å². The molecule has 3 rings (SSSR count). The van der Waals surface area contributed by atoms with Crippen molar-refractivity contribution < 1.29 is 0 Å². The molecule has 0 fully saturated rings. The van der Waals surface area contributed by atoms with Crippen LogP contribution in [0, 0.1) is 0 Å². The molecule has 3 aromatic rings. The summed E-state index contributed by atoms with van der Waals surface area (Å²) in [4.78, 5) is 9.19. The van der Waals surface area contributed by atoms with E-state index in [1.165, 1.54) is 9.79 Å². The first-order chi connectivity index (χ1) is 13.9. The van der Waals surface area contributed by atoms with E-state index in [-0.39, 0.29) is 0 Å². The van der Waals surface area contributed by atoms with Crippen molar-refractivity contribution >= 4 is 35.3 Å². The molecule has 0 saturated heterocycles. The molecule has 0 amide bonds. The summed E-state index contributed by atoms with van der Waals surface area (Å²) in [6.45, 7) is 5.09. The van der Waals surface area contributed by atoms with E-state index in [2.05, 4.69) is 113 Å². The van der Waals surface area contributed by atoms with E-state index in [1.54, 1.807) is 23.9 Å². The molecule has 5 nitrogen and oxygen atoms in total. The van der Waals surface area contributed by atoms with Crippen molar-refractivity contribution in [2.45, 2.75) is 36.2 Å². The molecule has 154 valence electrons. The zero-order valence-corrected chi connectivity index (χ0v) is 19.3. The van der Waals surface area contributed by atoms with Crippen LogP contribution >= 0.6 is 23.9 Å². The van der Waals surface area contributed by atoms with Crippen LogP contribution in [0.3, 0.4) is 0 Å². The predicted molar refractivity (Wildman–Crippen MR) is 127 cm³/mol. The monoisotopic (exact) mass is 427 g/mol. The van der Waals surface area contributed by atoms with E-state index < -0.39 is 0 Å². The van der Waals surface area contributed by atoms with E-state index >= 15 is 0 Å². The van der Waals surface area contributed by atoms with E-state index in [0.29, 0.717) is 6.04 Å². The Morgan fingerprint density at radius 3 is 2.34 bits per heavy atom. The molecule has 0 radical (unpaired) electrons. The second kappa shape index (κ2) is 10.1. The maximum atomic E-state index is 4.55. The lowest BCUT2D eigenvalue weighted by atomic mass is 10.2. The number of anilines is 2. The molecule has 0 aliphatic rings. The zero-order valence-electron chi connectivity index (χ0n) is 17.7. The van der Waals surface area contributed by atoms with Gasteiger partial charge in [-0.2, -0.15) is 0 Å². The van der Waals surface area contributed by atoms with Crippen LogP contribution in [0.1, 0.15) is 25.6 Å². The minimum absolute atomic E-state index is 0.425. The van der Waals surface area contributed by atoms with Gasteiger partial charge < -0.3 is 14.2 Å². The standard InChI is InChI=1S/C22H29N5S2/c1-17(2)27-15-18(23-16-27)14-26(5)22-9-7-6-8-21(22)24-28-19-10-12-20(13-11-19)29-25(3)4/h6-13,15-17,24H,14H2,1-5H3. The molecule has 0 atom stereocenters. The van der Waals surface area contributed by atoms with Gasteiger partial charge in [0.25, 0.3) is 0 Å². The number of nitrogens with zero attached hydrogens (tertiary/aromatic N) is 4. The third-order valence-corrected chi connectivity index (χ3v) is 6.03. The van der Waals surface area contributed by atoms with Gasteiger partial charge in [-0.05, 0) is 88.2 Å². The summed E-state index contributed by atoms with van der Waals surface area (Å²) in [5.74, 6) is 0. The Hall–Kier alpha value is -2.09. The average Bonchev–Trinajstić information content (AvgIpc) is 3.16. The number of hydrogen-bond acceptors (Lipinski definition) is 6. The van der Waals surface area contributed by atoms with Crippen LogP contribution in [-0.4, -0.2) is 35.0 Å². The lowest BCUT2D eigenvalue weighted by Crippen LogP contribution is -2.17. The molecule has 0 bridgehead atoms. The molecule has 0 aliphatic heterocycles. The van der Waals surface area contributed by atoms with E-state index in [9.17, 15) is 0 Å². The maximum Gasteiger partial charge on any atom is 0.0952 e. The van der Waals surface area contributed by atoms with Crippen LogP contribution in [0.2, 0.25) is 0 Å². The summed E-state index contributed by atoms with van der Waals surface area (Å²) in [7, 11) is 6.21. The molecule has 1 N–H and O–H groups in total. The van der Waals surface area contributed by atoms with Gasteiger partial charge in [-0.15, -0.1) is 0 Å². The SMILES string of the molecule is CC(C)n1cnc(CN(C)c2ccccc2NSc2ccc(SN(C)C)cc2)c1. The minimum atomic E-state index is 0.425. The summed E-state index contributed by atoms with van der Waals surface area (Å²) < 4.78 is 7.75. The summed E-state index contributed by atoms with van der Waals surface area (Å²) >= 11 is 3.35. The van der Waals surface area contributed by atoms with Crippen molar-refractivity contribution in [3.63, 3.8) is 0 Å². The number of nitrogens with one attached hydrogen (secondary N) is 1. The van der Waals surface area contributed by atoms with Gasteiger partial charge in [0.1, 0.15) is 0 Å². The van der Waals surface area contributed by atoms with Gasteiger partial charge in [0, 0.05) is 29.1 Å². The Kier molecular flexibility index (Phi) is 7.52. The quantitative estimate of drug-likeness (QED) is 0.436. The van der Waals surface area contributed by atoms with Gasteiger partial charge in [0.2, 0.25) is 0 Å². The minimum Gasteiger partial charge on any atom is -0.367 e. The first-order valence-electron chi connectivity index (χ1n) is 9.63. The van der Waals surface area contributed by atoms with E-state index in [4.69, 9.17) is 0 Å². The van der Waals surface area contributed by atoms with Crippen molar-refractivity contribution in [3.8, 4) is 0 Å². The molecule has 0 saturated carbocycles. The summed E-state index contributed by atoms with van der Waals surface area (Å²) in [5.41, 5.74) is 3.31. The molecule has 2 aromatic carbocycles. The van der Waals surface area contributed by atoms with Crippen molar-refractivity contribution in [2.75, 3.05) is 30.8 Å². The Morgan fingerprint density at radius 1 is 1.00 bits per heavy atom. The topological polar surface area (TPSA) is 36.3 Å². The van der Waals surface area contributed by atoms with Crippen LogP contribution in [0.15, 0.2) is 70.8 Å². The van der Waals surface area contributed by atoms with E-state index in [1.807, 2.05) is 6.33 Å². The summed E-state index contributed by atoms with van der Waals surface area (Å²) in [6.07, 6.45) is 4.03. The number of rotatable bonds is 9. The van der Waals surface area contributed by atoms with Gasteiger partial charge >= 0.3 is 0 Å². The third kappa shape index (κ3) is 6.19. The average molecular weight is 428 g/mol. The smallest absolute Gasteiger partial charge is 0.0952 e. The van der Waals surface area contributed by atoms with Crippen LogP contribution < -0.4 is 9.62 Å². The molecule has 0 spiro atoms. The highest BCUT2D eigenvalue weighted by molar-refractivity contribution is 8.00. The fourth-order valence-electron chi connectivity index (χ4n) is 2.86. The lowest BCUT2D eigenvalue weighted by molar-refractivity contribution is 0.599. The zero-order chi connectivity index (χ0) is 20.8. The first-order valence-corrected chi connectivity index (χ1v) is 11.2. The van der Waals surface area contributed by atoms with Gasteiger partial charge in [-0.25, -0.2) is 4.98 Å². The Labute approximate surface area is 182 Å².